The van der Waals surface area contributed by atoms with Crippen LogP contribution in [-0.2, 0) is 9.53 Å². The second kappa shape index (κ2) is 7.69. The molecule has 1 rings (SSSR count). The summed E-state index contributed by atoms with van der Waals surface area (Å²) in [5.41, 5.74) is 0. The minimum atomic E-state index is 0. The van der Waals surface area contributed by atoms with E-state index in [1.54, 1.807) is 0 Å². The van der Waals surface area contributed by atoms with Crippen molar-refractivity contribution in [2.24, 2.45) is 5.92 Å². The molecule has 0 bridgehead atoms. The van der Waals surface area contributed by atoms with Gasteiger partial charge in [-0.3, -0.25) is 6.29 Å². The van der Waals surface area contributed by atoms with Crippen LogP contribution >= 0.6 is 0 Å². The van der Waals surface area contributed by atoms with Crippen LogP contribution in [0.1, 0.15) is 12.8 Å². The normalized spacial score (nSPS) is 18.4. The van der Waals surface area contributed by atoms with Crippen molar-refractivity contribution in [2.75, 3.05) is 13.2 Å². The molecule has 0 aromatic carbocycles. The SMILES string of the molecule is O=[C-]C1CCOCC1.[Na+].[OH-]. The van der Waals surface area contributed by atoms with E-state index in [-0.39, 0.29) is 41.0 Å². The van der Waals surface area contributed by atoms with Crippen LogP contribution in [0.25, 0.3) is 0 Å². The zero-order valence-electron chi connectivity index (χ0n) is 6.17. The summed E-state index contributed by atoms with van der Waals surface area (Å²) >= 11 is 0. The number of ether oxygens (including phenoxy) is 1. The Kier molecular flexibility index (Phi) is 10.2. The molecule has 3 nitrogen and oxygen atoms in total. The third-order valence-electron chi connectivity index (χ3n) is 1.39. The van der Waals surface area contributed by atoms with E-state index < -0.39 is 0 Å². The summed E-state index contributed by atoms with van der Waals surface area (Å²) in [6, 6.07) is 0. The van der Waals surface area contributed by atoms with Gasteiger partial charge in [0.15, 0.2) is 0 Å². The molecular formula is C6H10NaO3-. The maximum Gasteiger partial charge on any atom is 1.00 e. The summed E-state index contributed by atoms with van der Waals surface area (Å²) in [5.74, 6) is 0.156. The van der Waals surface area contributed by atoms with Crippen LogP contribution in [0.2, 0.25) is 0 Å². The van der Waals surface area contributed by atoms with Crippen LogP contribution in [0.4, 0.5) is 0 Å². The number of hydrogen-bond acceptors (Lipinski definition) is 3. The number of rotatable bonds is 1. The zero-order chi connectivity index (χ0) is 5.82. The summed E-state index contributed by atoms with van der Waals surface area (Å²) in [4.78, 5) is 9.98. The first-order chi connectivity index (χ1) is 3.93. The maximum atomic E-state index is 9.98. The van der Waals surface area contributed by atoms with Crippen LogP contribution in [0.15, 0.2) is 0 Å². The Morgan fingerprint density at radius 3 is 2.10 bits per heavy atom. The molecule has 0 amide bonds. The van der Waals surface area contributed by atoms with Crippen molar-refractivity contribution < 1.29 is 44.6 Å². The molecule has 0 aromatic heterocycles. The second-order valence-corrected chi connectivity index (χ2v) is 2.00. The van der Waals surface area contributed by atoms with Gasteiger partial charge in [-0.2, -0.15) is 0 Å². The summed E-state index contributed by atoms with van der Waals surface area (Å²) in [6.07, 6.45) is 3.70. The third kappa shape index (κ3) is 4.41. The first kappa shape index (κ1) is 13.2. The Morgan fingerprint density at radius 1 is 1.30 bits per heavy atom. The van der Waals surface area contributed by atoms with Crippen LogP contribution in [0.3, 0.4) is 0 Å². The summed E-state index contributed by atoms with van der Waals surface area (Å²) in [6.45, 7) is 1.47. The third-order valence-corrected chi connectivity index (χ3v) is 1.39. The van der Waals surface area contributed by atoms with Crippen LogP contribution in [-0.4, -0.2) is 25.0 Å². The molecule has 0 aromatic rings. The van der Waals surface area contributed by atoms with Gasteiger partial charge < -0.3 is 15.0 Å². The van der Waals surface area contributed by atoms with E-state index >= 15 is 0 Å². The standard InChI is InChI=1S/C6H9O2.Na.H2O/c7-5-6-1-3-8-4-2-6;;/h6H,1-4H2;;1H2/q-1;+1;/p-1. The molecule has 54 valence electrons. The van der Waals surface area contributed by atoms with Crippen molar-refractivity contribution in [1.82, 2.24) is 0 Å². The molecule has 1 saturated heterocycles. The molecule has 1 fully saturated rings. The van der Waals surface area contributed by atoms with Crippen molar-refractivity contribution in [1.29, 1.82) is 0 Å². The number of hydrogen-bond donors (Lipinski definition) is 0. The van der Waals surface area contributed by atoms with Gasteiger partial charge in [0.1, 0.15) is 0 Å². The van der Waals surface area contributed by atoms with Gasteiger partial charge >= 0.3 is 29.6 Å². The second-order valence-electron chi connectivity index (χ2n) is 2.00. The predicted octanol–water partition coefficient (Wildman–Crippen LogP) is -2.65. The van der Waals surface area contributed by atoms with Crippen molar-refractivity contribution in [2.45, 2.75) is 12.8 Å². The largest absolute Gasteiger partial charge is 1.00 e. The molecule has 1 heterocycles. The average molecular weight is 153 g/mol. The van der Waals surface area contributed by atoms with Gasteiger partial charge in [-0.25, -0.2) is 0 Å². The molecule has 0 aliphatic carbocycles. The summed E-state index contributed by atoms with van der Waals surface area (Å²) in [7, 11) is 0. The van der Waals surface area contributed by atoms with Gasteiger partial charge in [0.05, 0.1) is 0 Å². The molecular weight excluding hydrogens is 143 g/mol. The Labute approximate surface area is 82.7 Å². The number of carbonyl (C=O) groups excluding carboxylic acids is 1. The zero-order valence-corrected chi connectivity index (χ0v) is 8.17. The van der Waals surface area contributed by atoms with Gasteiger partial charge in [-0.05, 0) is 0 Å². The van der Waals surface area contributed by atoms with Crippen molar-refractivity contribution in [3.8, 4) is 0 Å². The fourth-order valence-electron chi connectivity index (χ4n) is 0.815. The Bertz CT molecular complexity index is 81.1. The van der Waals surface area contributed by atoms with Gasteiger partial charge in [0.25, 0.3) is 0 Å². The Morgan fingerprint density at radius 2 is 1.80 bits per heavy atom. The molecule has 10 heavy (non-hydrogen) atoms. The Hall–Kier alpha value is 0.590. The van der Waals surface area contributed by atoms with Crippen LogP contribution in [0.5, 0.6) is 0 Å². The van der Waals surface area contributed by atoms with E-state index in [9.17, 15) is 4.79 Å². The van der Waals surface area contributed by atoms with E-state index in [0.717, 1.165) is 26.1 Å². The van der Waals surface area contributed by atoms with Gasteiger partial charge in [-0.15, -0.1) is 5.92 Å². The maximum absolute atomic E-state index is 9.98. The summed E-state index contributed by atoms with van der Waals surface area (Å²) in [5, 5.41) is 0. The van der Waals surface area contributed by atoms with Crippen LogP contribution < -0.4 is 29.6 Å². The van der Waals surface area contributed by atoms with E-state index in [0.29, 0.717) is 0 Å². The van der Waals surface area contributed by atoms with Gasteiger partial charge in [0.2, 0.25) is 0 Å². The first-order valence-corrected chi connectivity index (χ1v) is 2.89. The Balaban J connectivity index is 0. The molecule has 4 heteroatoms. The van der Waals surface area contributed by atoms with E-state index in [1.807, 2.05) is 6.29 Å². The van der Waals surface area contributed by atoms with Crippen LogP contribution in [0, 0.1) is 5.92 Å². The molecule has 0 unspecified atom stereocenters. The molecule has 0 spiro atoms. The fraction of sp³-hybridized carbons (Fsp3) is 0.833. The van der Waals surface area contributed by atoms with E-state index in [4.69, 9.17) is 4.74 Å². The molecule has 0 atom stereocenters. The molecule has 1 aliphatic rings. The molecule has 0 saturated carbocycles. The minimum Gasteiger partial charge on any atom is -0.870 e. The van der Waals surface area contributed by atoms with Crippen molar-refractivity contribution >= 4 is 6.29 Å². The minimum absolute atomic E-state index is 0. The monoisotopic (exact) mass is 153 g/mol. The quantitative estimate of drug-likeness (QED) is 0.305. The average Bonchev–Trinajstić information content (AvgIpc) is 1.90. The fourth-order valence-corrected chi connectivity index (χ4v) is 0.815. The van der Waals surface area contributed by atoms with E-state index in [1.165, 1.54) is 0 Å². The van der Waals surface area contributed by atoms with Crippen molar-refractivity contribution in [3.63, 3.8) is 0 Å². The molecule has 1 aliphatic heterocycles. The summed E-state index contributed by atoms with van der Waals surface area (Å²) < 4.78 is 5.02. The van der Waals surface area contributed by atoms with Gasteiger partial charge in [-0.1, -0.05) is 12.8 Å². The molecule has 1 N–H and O–H groups in total. The smallest absolute Gasteiger partial charge is 0.870 e. The predicted molar refractivity (Wildman–Crippen MR) is 31.2 cm³/mol. The molecule has 0 radical (unpaired) electrons. The van der Waals surface area contributed by atoms with E-state index in [2.05, 4.69) is 0 Å². The first-order valence-electron chi connectivity index (χ1n) is 2.89. The van der Waals surface area contributed by atoms with Crippen molar-refractivity contribution in [3.05, 3.63) is 0 Å². The topological polar surface area (TPSA) is 56.3 Å². The van der Waals surface area contributed by atoms with Gasteiger partial charge in [0, 0.05) is 13.2 Å².